The zero-order chi connectivity index (χ0) is 26.4. The Balaban J connectivity index is 0.00000308. The van der Waals surface area contributed by atoms with Crippen molar-refractivity contribution in [2.45, 2.75) is 18.6 Å². The van der Waals surface area contributed by atoms with E-state index in [-0.39, 0.29) is 24.3 Å². The maximum Gasteiger partial charge on any atom is 0.269 e. The first-order valence-electron chi connectivity index (χ1n) is 12.1. The maximum atomic E-state index is 15.0. The number of aliphatic imine (C=N–C) groups is 2. The van der Waals surface area contributed by atoms with Crippen molar-refractivity contribution in [3.63, 3.8) is 0 Å². The van der Waals surface area contributed by atoms with E-state index in [0.29, 0.717) is 21.7 Å². The summed E-state index contributed by atoms with van der Waals surface area (Å²) in [6, 6.07) is 32.3. The third kappa shape index (κ3) is 4.25. The molecule has 1 saturated heterocycles. The molecule has 9 heteroatoms. The van der Waals surface area contributed by atoms with Gasteiger partial charge in [0.1, 0.15) is 0 Å². The number of nitrogens with zero attached hydrogens (tertiary/aromatic N) is 4. The maximum absolute atomic E-state index is 15.0. The third-order valence-corrected chi connectivity index (χ3v) is 7.39. The number of nitrogens with two attached hydrogens (primary N) is 1. The molecule has 39 heavy (non-hydrogen) atoms. The zero-order valence-electron chi connectivity index (χ0n) is 20.8. The van der Waals surface area contributed by atoms with E-state index in [0.717, 1.165) is 22.3 Å². The predicted molar refractivity (Wildman–Crippen MR) is 160 cm³/mol. The first-order chi connectivity index (χ1) is 18.4. The molecule has 2 aliphatic rings. The van der Waals surface area contributed by atoms with Crippen LogP contribution in [0.3, 0.4) is 0 Å². The second-order valence-electron chi connectivity index (χ2n) is 9.21. The van der Waals surface area contributed by atoms with Crippen LogP contribution in [0.2, 0.25) is 10.0 Å². The van der Waals surface area contributed by atoms with E-state index in [1.807, 2.05) is 96.8 Å². The first kappa shape index (κ1) is 26.8. The molecule has 0 saturated carbocycles. The molecule has 6 nitrogen and oxygen atoms in total. The minimum atomic E-state index is -1.31. The Morgan fingerprint density at radius 1 is 0.821 bits per heavy atom. The highest BCUT2D eigenvalue weighted by Gasteiger charge is 2.62. The number of benzene rings is 4. The monoisotopic (exact) mass is 575 g/mol. The molecular formula is C30H24Cl3N5O. The SMILES string of the molecule is Cc1ccccc1C1N=C(N)N=C2N(c3cc(Cl)cc(Cl)c3)C(=O)C(c3ccccc3)(c3ccccc3)N21.Cl. The third-order valence-electron chi connectivity index (χ3n) is 6.96. The molecule has 0 bridgehead atoms. The van der Waals surface area contributed by atoms with Gasteiger partial charge in [0.2, 0.25) is 11.9 Å². The molecule has 2 N–H and O–H groups in total. The number of amides is 1. The minimum Gasteiger partial charge on any atom is -0.368 e. The highest BCUT2D eigenvalue weighted by atomic mass is 35.5. The number of anilines is 1. The van der Waals surface area contributed by atoms with Crippen molar-refractivity contribution in [3.8, 4) is 0 Å². The number of fused-ring (bicyclic) bond motifs is 1. The molecule has 1 unspecified atom stereocenters. The van der Waals surface area contributed by atoms with Crippen LogP contribution in [0.1, 0.15) is 28.4 Å². The van der Waals surface area contributed by atoms with Gasteiger partial charge in [-0.1, -0.05) is 108 Å². The predicted octanol–water partition coefficient (Wildman–Crippen LogP) is 6.70. The number of hydrogen-bond donors (Lipinski definition) is 1. The number of halogens is 3. The van der Waals surface area contributed by atoms with Crippen molar-refractivity contribution in [1.29, 1.82) is 0 Å². The molecule has 0 aliphatic carbocycles. The summed E-state index contributed by atoms with van der Waals surface area (Å²) in [6.45, 7) is 2.02. The molecule has 196 valence electrons. The molecule has 4 aromatic carbocycles. The molecule has 4 aromatic rings. The number of hydrogen-bond acceptors (Lipinski definition) is 5. The number of carbonyl (C=O) groups is 1. The van der Waals surface area contributed by atoms with Gasteiger partial charge in [-0.05, 0) is 47.4 Å². The van der Waals surface area contributed by atoms with Crippen molar-refractivity contribution in [1.82, 2.24) is 4.90 Å². The van der Waals surface area contributed by atoms with Crippen molar-refractivity contribution < 1.29 is 4.79 Å². The van der Waals surface area contributed by atoms with Gasteiger partial charge in [-0.25, -0.2) is 9.89 Å². The van der Waals surface area contributed by atoms with Gasteiger partial charge >= 0.3 is 0 Å². The second kappa shape index (κ2) is 10.4. The van der Waals surface area contributed by atoms with E-state index < -0.39 is 11.7 Å². The number of rotatable bonds is 4. The van der Waals surface area contributed by atoms with Gasteiger partial charge in [-0.15, -0.1) is 12.4 Å². The van der Waals surface area contributed by atoms with Gasteiger partial charge in [0.15, 0.2) is 11.7 Å². The highest BCUT2D eigenvalue weighted by molar-refractivity contribution is 6.36. The first-order valence-corrected chi connectivity index (χ1v) is 12.9. The van der Waals surface area contributed by atoms with E-state index in [2.05, 4.69) is 4.99 Å². The lowest BCUT2D eigenvalue weighted by Crippen LogP contribution is -2.51. The van der Waals surface area contributed by atoms with Crippen LogP contribution in [0, 0.1) is 6.92 Å². The molecule has 2 aliphatic heterocycles. The smallest absolute Gasteiger partial charge is 0.269 e. The average molecular weight is 577 g/mol. The van der Waals surface area contributed by atoms with Crippen LogP contribution in [-0.4, -0.2) is 22.7 Å². The Kier molecular flexibility index (Phi) is 7.12. The lowest BCUT2D eigenvalue weighted by molar-refractivity contribution is -0.124. The fraction of sp³-hybridized carbons (Fsp3) is 0.100. The molecule has 1 fully saturated rings. The highest BCUT2D eigenvalue weighted by Crippen LogP contribution is 2.50. The topological polar surface area (TPSA) is 74.3 Å². The van der Waals surface area contributed by atoms with Crippen LogP contribution in [-0.2, 0) is 10.3 Å². The van der Waals surface area contributed by atoms with E-state index >= 15 is 4.79 Å². The standard InChI is InChI=1S/C30H23Cl2N5O.ClH/c1-19-10-8-9-15-25(19)26-34-28(33)35-29-36(24-17-22(31)16-23(32)18-24)27(38)30(37(26)29,20-11-4-2-5-12-20)21-13-6-3-7-14-21;/h2-18,26H,1H3,(H2,33,34);1H. The van der Waals surface area contributed by atoms with Crippen LogP contribution in [0.4, 0.5) is 5.69 Å². The minimum absolute atomic E-state index is 0. The van der Waals surface area contributed by atoms with Crippen molar-refractivity contribution in [2.24, 2.45) is 15.7 Å². The normalized spacial score (nSPS) is 17.7. The van der Waals surface area contributed by atoms with Gasteiger partial charge in [-0.2, -0.15) is 4.99 Å². The summed E-state index contributed by atoms with van der Waals surface area (Å²) >= 11 is 12.8. The van der Waals surface area contributed by atoms with Gasteiger partial charge in [-0.3, -0.25) is 9.69 Å². The summed E-state index contributed by atoms with van der Waals surface area (Å²) in [5.74, 6) is 0.185. The van der Waals surface area contributed by atoms with Crippen LogP contribution in [0.25, 0.3) is 0 Å². The lowest BCUT2D eigenvalue weighted by atomic mass is 9.80. The second-order valence-corrected chi connectivity index (χ2v) is 10.1. The van der Waals surface area contributed by atoms with E-state index in [9.17, 15) is 0 Å². The summed E-state index contributed by atoms with van der Waals surface area (Å²) < 4.78 is 0. The van der Waals surface area contributed by atoms with Crippen LogP contribution in [0.5, 0.6) is 0 Å². The Labute approximate surface area is 242 Å². The van der Waals surface area contributed by atoms with Crippen LogP contribution >= 0.6 is 35.6 Å². The fourth-order valence-electron chi connectivity index (χ4n) is 5.36. The summed E-state index contributed by atoms with van der Waals surface area (Å²) in [7, 11) is 0. The summed E-state index contributed by atoms with van der Waals surface area (Å²) in [5.41, 5.74) is 8.98. The largest absolute Gasteiger partial charge is 0.368 e. The van der Waals surface area contributed by atoms with E-state index in [1.165, 1.54) is 0 Å². The molecule has 6 rings (SSSR count). The van der Waals surface area contributed by atoms with Crippen molar-refractivity contribution in [3.05, 3.63) is 135 Å². The number of aryl methyl sites for hydroxylation is 1. The Morgan fingerprint density at radius 2 is 1.36 bits per heavy atom. The molecule has 2 heterocycles. The average Bonchev–Trinajstić information content (AvgIpc) is 3.17. The summed E-state index contributed by atoms with van der Waals surface area (Å²) in [6.07, 6.45) is -0.632. The zero-order valence-corrected chi connectivity index (χ0v) is 23.2. The molecule has 1 atom stereocenters. The van der Waals surface area contributed by atoms with Gasteiger partial charge in [0, 0.05) is 10.0 Å². The van der Waals surface area contributed by atoms with Crippen molar-refractivity contribution >= 4 is 59.1 Å². The summed E-state index contributed by atoms with van der Waals surface area (Å²) in [4.78, 5) is 28.0. The van der Waals surface area contributed by atoms with Gasteiger partial charge < -0.3 is 5.73 Å². The van der Waals surface area contributed by atoms with Crippen molar-refractivity contribution in [2.75, 3.05) is 4.90 Å². The molecular weight excluding hydrogens is 553 g/mol. The molecule has 0 aromatic heterocycles. The molecule has 0 radical (unpaired) electrons. The van der Waals surface area contributed by atoms with Gasteiger partial charge in [0.25, 0.3) is 5.91 Å². The van der Waals surface area contributed by atoms with E-state index in [1.54, 1.807) is 23.1 Å². The van der Waals surface area contributed by atoms with Crippen LogP contribution < -0.4 is 10.6 Å². The Morgan fingerprint density at radius 3 is 1.92 bits per heavy atom. The lowest BCUT2D eigenvalue weighted by Gasteiger charge is -2.42. The number of carbonyl (C=O) groups excluding carboxylic acids is 1. The van der Waals surface area contributed by atoms with Gasteiger partial charge in [0.05, 0.1) is 5.69 Å². The fourth-order valence-corrected chi connectivity index (χ4v) is 5.88. The molecule has 1 amide bonds. The molecule has 0 spiro atoms. The Hall–Kier alpha value is -3.84. The Bertz CT molecular complexity index is 1550. The van der Waals surface area contributed by atoms with Crippen LogP contribution in [0.15, 0.2) is 113 Å². The quantitative estimate of drug-likeness (QED) is 0.294. The number of guanidine groups is 2. The summed E-state index contributed by atoms with van der Waals surface area (Å²) in [5, 5.41) is 0.801. The van der Waals surface area contributed by atoms with E-state index in [4.69, 9.17) is 33.9 Å².